The molecule has 2 fully saturated rings. The number of rotatable bonds is 5. The van der Waals surface area contributed by atoms with Gasteiger partial charge in [-0.3, -0.25) is 14.5 Å². The van der Waals surface area contributed by atoms with Crippen LogP contribution in [0.1, 0.15) is 64.5 Å². The molecule has 2 N–H and O–H groups in total. The number of benzene rings is 1. The Morgan fingerprint density at radius 2 is 1.91 bits per heavy atom. The van der Waals surface area contributed by atoms with Crippen LogP contribution in [0.5, 0.6) is 0 Å². The van der Waals surface area contributed by atoms with Crippen molar-refractivity contribution in [3.05, 3.63) is 47.7 Å². The zero-order valence-corrected chi connectivity index (χ0v) is 19.9. The molecule has 0 bridgehead atoms. The Kier molecular flexibility index (Phi) is 6.03. The van der Waals surface area contributed by atoms with Crippen molar-refractivity contribution >= 4 is 23.7 Å². The minimum atomic E-state index is -0.864. The molecule has 2 unspecified atom stereocenters. The molecule has 4 rings (SSSR count). The van der Waals surface area contributed by atoms with E-state index in [4.69, 9.17) is 0 Å². The molecule has 1 aliphatic carbocycles. The van der Waals surface area contributed by atoms with E-state index >= 15 is 0 Å². The second kappa shape index (κ2) is 8.65. The predicted molar refractivity (Wildman–Crippen MR) is 126 cm³/mol. The lowest BCUT2D eigenvalue weighted by molar-refractivity contribution is -0.136. The van der Waals surface area contributed by atoms with Gasteiger partial charge in [0.2, 0.25) is 5.91 Å². The molecule has 8 heteroatoms. The van der Waals surface area contributed by atoms with E-state index in [0.717, 1.165) is 29.7 Å². The highest BCUT2D eigenvalue weighted by Gasteiger charge is 2.55. The SMILES string of the molecule is CC1CCCCC12NC(=O)N(CC(=O)Nc1ccnn1Cc1ccc(C(C)(C)C)cc1)C2=O. The number of imide groups is 1. The monoisotopic (exact) mass is 451 g/mol. The number of aromatic nitrogens is 2. The molecule has 1 saturated carbocycles. The van der Waals surface area contributed by atoms with Gasteiger partial charge in [-0.25, -0.2) is 9.48 Å². The van der Waals surface area contributed by atoms with Crippen LogP contribution in [0.25, 0.3) is 0 Å². The van der Waals surface area contributed by atoms with Crippen LogP contribution in [0.15, 0.2) is 36.5 Å². The number of hydrogen-bond donors (Lipinski definition) is 2. The Morgan fingerprint density at radius 3 is 2.58 bits per heavy atom. The summed E-state index contributed by atoms with van der Waals surface area (Å²) in [5, 5.41) is 10.0. The maximum absolute atomic E-state index is 13.1. The minimum Gasteiger partial charge on any atom is -0.323 e. The summed E-state index contributed by atoms with van der Waals surface area (Å²) in [5.74, 6) is -0.138. The van der Waals surface area contributed by atoms with Crippen molar-refractivity contribution in [1.29, 1.82) is 0 Å². The smallest absolute Gasteiger partial charge is 0.323 e. The summed E-state index contributed by atoms with van der Waals surface area (Å²) in [6.07, 6.45) is 5.08. The van der Waals surface area contributed by atoms with Crippen molar-refractivity contribution in [2.75, 3.05) is 11.9 Å². The first-order chi connectivity index (χ1) is 15.6. The Hall–Kier alpha value is -3.16. The Labute approximate surface area is 194 Å². The zero-order valence-electron chi connectivity index (χ0n) is 19.9. The van der Waals surface area contributed by atoms with Gasteiger partial charge in [-0.2, -0.15) is 5.10 Å². The summed E-state index contributed by atoms with van der Waals surface area (Å²) in [6.45, 7) is 8.69. The maximum atomic E-state index is 13.1. The normalized spacial score (nSPS) is 23.2. The average Bonchev–Trinajstić information content (AvgIpc) is 3.28. The van der Waals surface area contributed by atoms with E-state index in [0.29, 0.717) is 18.8 Å². The molecule has 1 spiro atoms. The minimum absolute atomic E-state index is 0.0573. The number of nitrogens with one attached hydrogen (secondary N) is 2. The van der Waals surface area contributed by atoms with E-state index in [2.05, 4.69) is 60.8 Å². The third kappa shape index (κ3) is 4.51. The number of amides is 4. The summed E-state index contributed by atoms with van der Waals surface area (Å²) < 4.78 is 1.70. The number of urea groups is 1. The third-order valence-corrected chi connectivity index (χ3v) is 6.94. The van der Waals surface area contributed by atoms with Gasteiger partial charge in [0.1, 0.15) is 17.9 Å². The van der Waals surface area contributed by atoms with Gasteiger partial charge >= 0.3 is 6.03 Å². The first kappa shape index (κ1) is 23.0. The van der Waals surface area contributed by atoms with Crippen molar-refractivity contribution in [3.63, 3.8) is 0 Å². The fourth-order valence-electron chi connectivity index (χ4n) is 4.81. The van der Waals surface area contributed by atoms with Gasteiger partial charge in [0.05, 0.1) is 12.7 Å². The Bertz CT molecular complexity index is 1050. The molecule has 4 amide bonds. The van der Waals surface area contributed by atoms with Crippen LogP contribution < -0.4 is 10.6 Å². The van der Waals surface area contributed by atoms with Crippen molar-refractivity contribution in [3.8, 4) is 0 Å². The highest BCUT2D eigenvalue weighted by Crippen LogP contribution is 2.38. The molecule has 1 aromatic heterocycles. The largest absolute Gasteiger partial charge is 0.325 e. The van der Waals surface area contributed by atoms with E-state index in [1.807, 2.05) is 6.92 Å². The molecule has 2 aliphatic rings. The van der Waals surface area contributed by atoms with Gasteiger partial charge < -0.3 is 10.6 Å². The molecule has 176 valence electrons. The molecular formula is C25H33N5O3. The first-order valence-electron chi connectivity index (χ1n) is 11.7. The summed E-state index contributed by atoms with van der Waals surface area (Å²) in [5.41, 5.74) is 1.52. The molecule has 2 aromatic rings. The molecule has 2 atom stereocenters. The fourth-order valence-corrected chi connectivity index (χ4v) is 4.81. The topological polar surface area (TPSA) is 96.3 Å². The average molecular weight is 452 g/mol. The molecule has 0 radical (unpaired) electrons. The van der Waals surface area contributed by atoms with E-state index in [9.17, 15) is 14.4 Å². The third-order valence-electron chi connectivity index (χ3n) is 6.94. The number of nitrogens with zero attached hydrogens (tertiary/aromatic N) is 3. The summed E-state index contributed by atoms with van der Waals surface area (Å²) in [4.78, 5) is 39.4. The van der Waals surface area contributed by atoms with Crippen molar-refractivity contribution < 1.29 is 14.4 Å². The van der Waals surface area contributed by atoms with Crippen molar-refractivity contribution in [1.82, 2.24) is 20.0 Å². The molecule has 33 heavy (non-hydrogen) atoms. The molecule has 1 aliphatic heterocycles. The quantitative estimate of drug-likeness (QED) is 0.678. The van der Waals surface area contributed by atoms with Gasteiger partial charge in [-0.15, -0.1) is 0 Å². The number of carbonyl (C=O) groups excluding carboxylic acids is 3. The van der Waals surface area contributed by atoms with E-state index in [-0.39, 0.29) is 23.8 Å². The van der Waals surface area contributed by atoms with Crippen LogP contribution in [0.2, 0.25) is 0 Å². The number of carbonyl (C=O) groups is 3. The maximum Gasteiger partial charge on any atom is 0.325 e. The lowest BCUT2D eigenvalue weighted by atomic mass is 9.73. The van der Waals surface area contributed by atoms with Crippen LogP contribution in [0.3, 0.4) is 0 Å². The molecule has 1 aromatic carbocycles. The van der Waals surface area contributed by atoms with E-state index in [1.54, 1.807) is 16.9 Å². The van der Waals surface area contributed by atoms with Crippen molar-refractivity contribution in [2.45, 2.75) is 70.9 Å². The van der Waals surface area contributed by atoms with Gasteiger partial charge in [0.15, 0.2) is 0 Å². The molecule has 8 nitrogen and oxygen atoms in total. The van der Waals surface area contributed by atoms with Crippen LogP contribution in [-0.4, -0.2) is 44.6 Å². The standard InChI is InChI=1S/C25H33N5O3/c1-17-7-5-6-13-25(17)22(32)29(23(33)28-25)16-21(31)27-20-12-14-26-30(20)15-18-8-10-19(11-9-18)24(2,3)4/h8-12,14,17H,5-7,13,15-16H2,1-4H3,(H,27,31)(H,28,33). The predicted octanol–water partition coefficient (Wildman–Crippen LogP) is 3.67. The van der Waals surface area contributed by atoms with Crippen LogP contribution in [0.4, 0.5) is 10.6 Å². The number of hydrogen-bond acceptors (Lipinski definition) is 4. The Morgan fingerprint density at radius 1 is 1.18 bits per heavy atom. The number of anilines is 1. The van der Waals surface area contributed by atoms with Crippen LogP contribution in [0, 0.1) is 5.92 Å². The zero-order chi connectivity index (χ0) is 23.8. The van der Waals surface area contributed by atoms with Crippen molar-refractivity contribution in [2.24, 2.45) is 5.92 Å². The lowest BCUT2D eigenvalue weighted by Crippen LogP contribution is -2.54. The Balaban J connectivity index is 1.41. The highest BCUT2D eigenvalue weighted by atomic mass is 16.2. The second-order valence-electron chi connectivity index (χ2n) is 10.3. The molecular weight excluding hydrogens is 418 g/mol. The van der Waals surface area contributed by atoms with Crippen LogP contribution >= 0.6 is 0 Å². The summed E-state index contributed by atoms with van der Waals surface area (Å²) in [6, 6.07) is 9.56. The fraction of sp³-hybridized carbons (Fsp3) is 0.520. The summed E-state index contributed by atoms with van der Waals surface area (Å²) >= 11 is 0. The van der Waals surface area contributed by atoms with Gasteiger partial charge in [0.25, 0.3) is 5.91 Å². The lowest BCUT2D eigenvalue weighted by Gasteiger charge is -2.36. The van der Waals surface area contributed by atoms with Crippen LogP contribution in [-0.2, 0) is 21.5 Å². The van der Waals surface area contributed by atoms with Gasteiger partial charge in [-0.1, -0.05) is 64.8 Å². The molecule has 1 saturated heterocycles. The first-order valence-corrected chi connectivity index (χ1v) is 11.7. The van der Waals surface area contributed by atoms with E-state index < -0.39 is 17.5 Å². The molecule has 2 heterocycles. The highest BCUT2D eigenvalue weighted by molar-refractivity contribution is 6.10. The van der Waals surface area contributed by atoms with Gasteiger partial charge in [-0.05, 0) is 35.3 Å². The second-order valence-corrected chi connectivity index (χ2v) is 10.3. The van der Waals surface area contributed by atoms with Gasteiger partial charge in [0, 0.05) is 6.07 Å². The van der Waals surface area contributed by atoms with E-state index in [1.165, 1.54) is 5.56 Å². The summed E-state index contributed by atoms with van der Waals surface area (Å²) in [7, 11) is 0.